The molecule has 1 aromatic heterocycles. The van der Waals surface area contributed by atoms with Crippen LogP contribution in [0.1, 0.15) is 43.1 Å². The highest BCUT2D eigenvalue weighted by Crippen LogP contribution is 2.33. The molecule has 154 valence electrons. The first kappa shape index (κ1) is 19.8. The van der Waals surface area contributed by atoms with Gasteiger partial charge in [-0.05, 0) is 31.0 Å². The molecule has 2 saturated heterocycles. The molecule has 2 fully saturated rings. The third-order valence-corrected chi connectivity index (χ3v) is 5.84. The Morgan fingerprint density at radius 2 is 1.83 bits per heavy atom. The predicted molar refractivity (Wildman–Crippen MR) is 111 cm³/mol. The molecule has 0 bridgehead atoms. The summed E-state index contributed by atoms with van der Waals surface area (Å²) in [6.45, 7) is 4.67. The third kappa shape index (κ3) is 4.40. The van der Waals surface area contributed by atoms with Gasteiger partial charge < -0.3 is 14.5 Å². The minimum Gasteiger partial charge on any atom is -0.490 e. The van der Waals surface area contributed by atoms with Gasteiger partial charge in [0.05, 0.1) is 10.7 Å². The van der Waals surface area contributed by atoms with E-state index in [9.17, 15) is 9.59 Å². The SMILES string of the molecule is CC(=O)c1ccn(C(=O)N2CCC(Oc3ccc(Cl)c(N4CCCC4)c3)CC2)n1. The van der Waals surface area contributed by atoms with E-state index in [0.29, 0.717) is 18.8 Å². The second-order valence-electron chi connectivity index (χ2n) is 7.60. The molecule has 0 aliphatic carbocycles. The molecule has 2 aliphatic rings. The molecule has 2 aromatic rings. The standard InChI is InChI=1S/C21H25ClN4O3/c1-15(27)19-8-13-26(23-19)21(28)25-11-6-16(7-12-25)29-17-4-5-18(22)20(14-17)24-9-2-3-10-24/h4-5,8,13-14,16H,2-3,6-7,9-12H2,1H3. The summed E-state index contributed by atoms with van der Waals surface area (Å²) in [5.74, 6) is 0.666. The monoisotopic (exact) mass is 416 g/mol. The molecule has 3 heterocycles. The molecule has 0 atom stereocenters. The first-order chi connectivity index (χ1) is 14.0. The fourth-order valence-corrected chi connectivity index (χ4v) is 4.12. The number of nitrogens with zero attached hydrogens (tertiary/aromatic N) is 4. The fourth-order valence-electron chi connectivity index (χ4n) is 3.89. The molecule has 0 unspecified atom stereocenters. The molecule has 0 radical (unpaired) electrons. The van der Waals surface area contributed by atoms with Crippen molar-refractivity contribution in [3.63, 3.8) is 0 Å². The number of rotatable bonds is 4. The minimum atomic E-state index is -0.209. The lowest BCUT2D eigenvalue weighted by Crippen LogP contribution is -2.43. The largest absolute Gasteiger partial charge is 0.490 e. The number of ether oxygens (including phenoxy) is 1. The van der Waals surface area contributed by atoms with Gasteiger partial charge in [-0.2, -0.15) is 9.78 Å². The number of amides is 1. The lowest BCUT2D eigenvalue weighted by Gasteiger charge is -2.32. The van der Waals surface area contributed by atoms with Crippen LogP contribution in [0, 0.1) is 0 Å². The van der Waals surface area contributed by atoms with Gasteiger partial charge in [-0.15, -0.1) is 0 Å². The molecule has 4 rings (SSSR count). The number of anilines is 1. The van der Waals surface area contributed by atoms with Gasteiger partial charge in [-0.1, -0.05) is 11.6 Å². The number of ketones is 1. The molecule has 8 heteroatoms. The van der Waals surface area contributed by atoms with Crippen molar-refractivity contribution in [1.82, 2.24) is 14.7 Å². The van der Waals surface area contributed by atoms with Crippen LogP contribution in [0.5, 0.6) is 5.75 Å². The van der Waals surface area contributed by atoms with Gasteiger partial charge in [-0.3, -0.25) is 4.79 Å². The highest BCUT2D eigenvalue weighted by molar-refractivity contribution is 6.33. The summed E-state index contributed by atoms with van der Waals surface area (Å²) in [7, 11) is 0. The number of benzene rings is 1. The molecular weight excluding hydrogens is 392 g/mol. The maximum Gasteiger partial charge on any atom is 0.344 e. The van der Waals surface area contributed by atoms with Gasteiger partial charge in [0.2, 0.25) is 0 Å². The smallest absolute Gasteiger partial charge is 0.344 e. The predicted octanol–water partition coefficient (Wildman–Crippen LogP) is 3.85. The summed E-state index contributed by atoms with van der Waals surface area (Å²) in [5, 5.41) is 4.81. The van der Waals surface area contributed by atoms with Crippen LogP contribution in [0.2, 0.25) is 5.02 Å². The fraction of sp³-hybridized carbons (Fsp3) is 0.476. The lowest BCUT2D eigenvalue weighted by molar-refractivity contribution is 0.101. The minimum absolute atomic E-state index is 0.0528. The maximum atomic E-state index is 12.6. The highest BCUT2D eigenvalue weighted by atomic mass is 35.5. The average molecular weight is 417 g/mol. The van der Waals surface area contributed by atoms with Crippen molar-refractivity contribution in [3.8, 4) is 5.75 Å². The number of piperidine rings is 1. The molecule has 1 amide bonds. The Morgan fingerprint density at radius 3 is 2.48 bits per heavy atom. The zero-order chi connectivity index (χ0) is 20.4. The summed E-state index contributed by atoms with van der Waals surface area (Å²) < 4.78 is 7.43. The van der Waals surface area contributed by atoms with E-state index in [-0.39, 0.29) is 17.9 Å². The van der Waals surface area contributed by atoms with Crippen LogP contribution < -0.4 is 9.64 Å². The Labute approximate surface area is 175 Å². The second kappa shape index (κ2) is 8.45. The second-order valence-corrected chi connectivity index (χ2v) is 8.00. The normalized spacial score (nSPS) is 17.6. The van der Waals surface area contributed by atoms with E-state index in [2.05, 4.69) is 10.00 Å². The van der Waals surface area contributed by atoms with Crippen LogP contribution in [0.4, 0.5) is 10.5 Å². The number of hydrogen-bond donors (Lipinski definition) is 0. The Balaban J connectivity index is 1.34. The summed E-state index contributed by atoms with van der Waals surface area (Å²) in [6, 6.07) is 7.19. The van der Waals surface area contributed by atoms with Crippen LogP contribution in [0.15, 0.2) is 30.5 Å². The van der Waals surface area contributed by atoms with Gasteiger partial charge in [0.25, 0.3) is 0 Å². The van der Waals surface area contributed by atoms with E-state index in [1.165, 1.54) is 30.6 Å². The Morgan fingerprint density at radius 1 is 1.10 bits per heavy atom. The molecule has 0 N–H and O–H groups in total. The van der Waals surface area contributed by atoms with Crippen molar-refractivity contribution in [2.24, 2.45) is 0 Å². The topological polar surface area (TPSA) is 67.7 Å². The number of halogens is 1. The van der Waals surface area contributed by atoms with Crippen molar-refractivity contribution in [3.05, 3.63) is 41.2 Å². The van der Waals surface area contributed by atoms with E-state index in [4.69, 9.17) is 16.3 Å². The van der Waals surface area contributed by atoms with Gasteiger partial charge in [0.15, 0.2) is 5.78 Å². The van der Waals surface area contributed by atoms with E-state index in [0.717, 1.165) is 42.4 Å². The first-order valence-electron chi connectivity index (χ1n) is 10.1. The molecule has 29 heavy (non-hydrogen) atoms. The molecule has 7 nitrogen and oxygen atoms in total. The zero-order valence-electron chi connectivity index (χ0n) is 16.5. The summed E-state index contributed by atoms with van der Waals surface area (Å²) >= 11 is 6.38. The van der Waals surface area contributed by atoms with Crippen LogP contribution in [-0.4, -0.2) is 58.8 Å². The van der Waals surface area contributed by atoms with Crippen LogP contribution >= 0.6 is 11.6 Å². The van der Waals surface area contributed by atoms with Crippen LogP contribution in [-0.2, 0) is 0 Å². The summed E-state index contributed by atoms with van der Waals surface area (Å²) in [4.78, 5) is 28.0. The zero-order valence-corrected chi connectivity index (χ0v) is 17.3. The quantitative estimate of drug-likeness (QED) is 0.708. The van der Waals surface area contributed by atoms with Crippen molar-refractivity contribution in [2.45, 2.75) is 38.7 Å². The van der Waals surface area contributed by atoms with Crippen molar-refractivity contribution < 1.29 is 14.3 Å². The van der Waals surface area contributed by atoms with Gasteiger partial charge >= 0.3 is 6.03 Å². The Kier molecular flexibility index (Phi) is 5.76. The van der Waals surface area contributed by atoms with Crippen LogP contribution in [0.25, 0.3) is 0 Å². The van der Waals surface area contributed by atoms with E-state index in [1.807, 2.05) is 18.2 Å². The van der Waals surface area contributed by atoms with Crippen LogP contribution in [0.3, 0.4) is 0 Å². The lowest BCUT2D eigenvalue weighted by atomic mass is 10.1. The number of carbonyl (C=O) groups is 2. The third-order valence-electron chi connectivity index (χ3n) is 5.53. The Bertz CT molecular complexity index is 899. The number of aromatic nitrogens is 2. The number of hydrogen-bond acceptors (Lipinski definition) is 5. The molecule has 0 saturated carbocycles. The maximum absolute atomic E-state index is 12.6. The van der Waals surface area contributed by atoms with Crippen molar-refractivity contribution >= 4 is 29.1 Å². The number of likely N-dealkylation sites (tertiary alicyclic amines) is 1. The molecule has 0 spiro atoms. The molecule has 1 aromatic carbocycles. The van der Waals surface area contributed by atoms with E-state index >= 15 is 0 Å². The summed E-state index contributed by atoms with van der Waals surface area (Å²) in [5.41, 5.74) is 1.34. The van der Waals surface area contributed by atoms with Crippen molar-refractivity contribution in [2.75, 3.05) is 31.1 Å². The van der Waals surface area contributed by atoms with Gasteiger partial charge in [0, 0.05) is 58.2 Å². The number of Topliss-reactive ketones (excluding diaryl/α,β-unsaturated/α-hetero) is 1. The molecule has 2 aliphatic heterocycles. The average Bonchev–Trinajstić information content (AvgIpc) is 3.42. The van der Waals surface area contributed by atoms with Crippen molar-refractivity contribution in [1.29, 1.82) is 0 Å². The highest BCUT2D eigenvalue weighted by Gasteiger charge is 2.26. The van der Waals surface area contributed by atoms with E-state index < -0.39 is 0 Å². The van der Waals surface area contributed by atoms with Gasteiger partial charge in [0.1, 0.15) is 17.5 Å². The molecular formula is C21H25ClN4O3. The number of carbonyl (C=O) groups excluding carboxylic acids is 2. The van der Waals surface area contributed by atoms with E-state index in [1.54, 1.807) is 11.0 Å². The Hall–Kier alpha value is -2.54. The summed E-state index contributed by atoms with van der Waals surface area (Å²) in [6.07, 6.45) is 5.46. The van der Waals surface area contributed by atoms with Gasteiger partial charge in [-0.25, -0.2) is 4.79 Å². The first-order valence-corrected chi connectivity index (χ1v) is 10.5.